The monoisotopic (exact) mass is 923 g/mol. The fraction of sp³-hybridized carbons (Fsp3) is 0.415. The van der Waals surface area contributed by atoms with Crippen LogP contribution in [-0.4, -0.2) is 103 Å². The van der Waals surface area contributed by atoms with E-state index in [0.717, 1.165) is 98.6 Å². The van der Waals surface area contributed by atoms with Gasteiger partial charge in [0.25, 0.3) is 0 Å². The molecule has 4 amide bonds. The number of piperidine rings is 2. The minimum atomic E-state index is -1.16. The number of imide groups is 1. The molecule has 3 atom stereocenters. The Morgan fingerprint density at radius 1 is 0.809 bits per heavy atom. The summed E-state index contributed by atoms with van der Waals surface area (Å²) in [4.78, 5) is 62.5. The normalized spacial score (nSPS) is 21.4. The summed E-state index contributed by atoms with van der Waals surface area (Å²) in [5, 5.41) is 8.88. The molecule has 1 aliphatic carbocycles. The zero-order chi connectivity index (χ0) is 46.8. The predicted octanol–water partition coefficient (Wildman–Crippen LogP) is 7.89. The minimum Gasteiger partial charge on any atom is -0.495 e. The van der Waals surface area contributed by atoms with Crippen molar-refractivity contribution < 1.29 is 37.8 Å². The van der Waals surface area contributed by atoms with Crippen LogP contribution < -0.4 is 35.1 Å². The van der Waals surface area contributed by atoms with Crippen molar-refractivity contribution in [2.24, 2.45) is 11.3 Å². The molecule has 5 aromatic rings. The van der Waals surface area contributed by atoms with Gasteiger partial charge in [-0.2, -0.15) is 0 Å². The Labute approximate surface area is 395 Å². The van der Waals surface area contributed by atoms with Crippen LogP contribution in [0.2, 0.25) is 0 Å². The van der Waals surface area contributed by atoms with Crippen LogP contribution in [0.25, 0.3) is 10.9 Å². The second-order valence-corrected chi connectivity index (χ2v) is 19.0. The molecule has 5 heterocycles. The Kier molecular flexibility index (Phi) is 13.0. The van der Waals surface area contributed by atoms with E-state index in [4.69, 9.17) is 19.2 Å². The lowest BCUT2D eigenvalue weighted by Gasteiger charge is -2.39. The van der Waals surface area contributed by atoms with E-state index in [0.29, 0.717) is 73.2 Å². The molecular weight excluding hydrogens is 866 g/mol. The average Bonchev–Trinajstić information content (AvgIpc) is 3.96. The van der Waals surface area contributed by atoms with Crippen LogP contribution in [-0.2, 0) is 19.2 Å². The molecule has 5 aliphatic rings. The number of pyridine rings is 1. The van der Waals surface area contributed by atoms with E-state index in [2.05, 4.69) is 36.7 Å². The number of anilines is 3. The molecule has 14 nitrogen and oxygen atoms in total. The van der Waals surface area contributed by atoms with Gasteiger partial charge in [0.05, 0.1) is 30.8 Å². The van der Waals surface area contributed by atoms with Crippen molar-refractivity contribution >= 4 is 51.6 Å². The number of halogens is 1. The standard InChI is InChI=1S/C53H58FN7O7/c1-66-48-29-44-45(55-23-18-47(44)68-42-14-10-38(11-15-42)57-52(65)53(21-22-53)51(64)56-37-8-6-36(54)7-9-37)30-46(48)59-25-19-34(20-26-59)31-61-33-39-28-40(61)32-60(39)24-2-3-27-67-41-12-4-35(5-13-41)43-16-17-49(62)58-50(43)63/h4-15,18,23,29-30,34,39-40,43H,2-3,16-17,19-22,24-28,31-33H2,1H3,(H,56,64)(H,57,65)(H,58,62,63)/t39-,40-,43?/m0/s1. The van der Waals surface area contributed by atoms with Gasteiger partial charge in [0, 0.05) is 74.2 Å². The van der Waals surface area contributed by atoms with Crippen LogP contribution >= 0.6 is 0 Å². The molecule has 4 aromatic carbocycles. The third-order valence-electron chi connectivity index (χ3n) is 14.6. The number of hydrogen-bond acceptors (Lipinski definition) is 11. The number of nitrogens with one attached hydrogen (secondary N) is 3. The number of carbonyl (C=O) groups excluding carboxylic acids is 4. The van der Waals surface area contributed by atoms with E-state index in [-0.39, 0.29) is 23.6 Å². The van der Waals surface area contributed by atoms with Crippen molar-refractivity contribution in [3.63, 3.8) is 0 Å². The highest BCUT2D eigenvalue weighted by Crippen LogP contribution is 2.48. The van der Waals surface area contributed by atoms with Crippen molar-refractivity contribution in [3.8, 4) is 23.0 Å². The van der Waals surface area contributed by atoms with Crippen molar-refractivity contribution in [3.05, 3.63) is 109 Å². The van der Waals surface area contributed by atoms with Crippen molar-refractivity contribution in [1.82, 2.24) is 20.1 Å². The van der Waals surface area contributed by atoms with Gasteiger partial charge >= 0.3 is 0 Å². The van der Waals surface area contributed by atoms with Gasteiger partial charge in [-0.05, 0) is 148 Å². The molecule has 10 rings (SSSR count). The lowest BCUT2D eigenvalue weighted by Crippen LogP contribution is -2.49. The third kappa shape index (κ3) is 9.86. The summed E-state index contributed by atoms with van der Waals surface area (Å²) >= 11 is 0. The van der Waals surface area contributed by atoms with E-state index < -0.39 is 17.1 Å². The summed E-state index contributed by atoms with van der Waals surface area (Å²) in [6.07, 6.45) is 9.13. The zero-order valence-electron chi connectivity index (χ0n) is 38.4. The predicted molar refractivity (Wildman–Crippen MR) is 257 cm³/mol. The second kappa shape index (κ2) is 19.6. The van der Waals surface area contributed by atoms with Crippen molar-refractivity contribution in [1.29, 1.82) is 0 Å². The Hall–Kier alpha value is -6.58. The highest BCUT2D eigenvalue weighted by atomic mass is 19.1. The molecule has 1 aromatic heterocycles. The van der Waals surface area contributed by atoms with E-state index in [1.54, 1.807) is 37.6 Å². The number of amides is 4. The van der Waals surface area contributed by atoms with Gasteiger partial charge in [0.15, 0.2) is 0 Å². The van der Waals surface area contributed by atoms with Gasteiger partial charge in [-0.25, -0.2) is 4.39 Å². The number of benzene rings is 4. The molecule has 0 spiro atoms. The van der Waals surface area contributed by atoms with Crippen LogP contribution in [0.4, 0.5) is 21.5 Å². The summed E-state index contributed by atoms with van der Waals surface area (Å²) in [6.45, 7) is 7.11. The molecular formula is C53H58FN7O7. The minimum absolute atomic E-state index is 0.197. The molecule has 1 saturated carbocycles. The van der Waals surface area contributed by atoms with Crippen LogP contribution in [0.1, 0.15) is 69.3 Å². The van der Waals surface area contributed by atoms with Gasteiger partial charge in [0.1, 0.15) is 34.2 Å². The molecule has 68 heavy (non-hydrogen) atoms. The maximum Gasteiger partial charge on any atom is 0.240 e. The largest absolute Gasteiger partial charge is 0.495 e. The van der Waals surface area contributed by atoms with Gasteiger partial charge < -0.3 is 29.7 Å². The van der Waals surface area contributed by atoms with Gasteiger partial charge in [-0.3, -0.25) is 39.3 Å². The maximum atomic E-state index is 13.3. The number of ether oxygens (including phenoxy) is 3. The lowest BCUT2D eigenvalue weighted by atomic mass is 9.90. The first-order chi connectivity index (χ1) is 33.1. The SMILES string of the molecule is COc1cc2c(Oc3ccc(NC(=O)C4(C(=O)Nc5ccc(F)cc5)CC4)cc3)ccnc2cc1N1CCC(CN2C[C@@H]3C[C@H]2CN3CCCCOc2ccc(C3CCC(=O)NC3=O)cc2)CC1. The Morgan fingerprint density at radius 3 is 2.15 bits per heavy atom. The first-order valence-electron chi connectivity index (χ1n) is 24.0. The van der Waals surface area contributed by atoms with Gasteiger partial charge in [-0.1, -0.05) is 12.1 Å². The van der Waals surface area contributed by atoms with E-state index in [1.165, 1.54) is 30.7 Å². The quantitative estimate of drug-likeness (QED) is 0.0474. The van der Waals surface area contributed by atoms with Crippen LogP contribution in [0.5, 0.6) is 23.0 Å². The molecule has 5 fully saturated rings. The Morgan fingerprint density at radius 2 is 1.49 bits per heavy atom. The highest BCUT2D eigenvalue weighted by molar-refractivity contribution is 6.17. The number of likely N-dealkylation sites (tertiary alicyclic amines) is 2. The zero-order valence-corrected chi connectivity index (χ0v) is 38.4. The fourth-order valence-electron chi connectivity index (χ4n) is 10.5. The smallest absolute Gasteiger partial charge is 0.240 e. The number of unbranched alkanes of at least 4 members (excludes halogenated alkanes) is 1. The second-order valence-electron chi connectivity index (χ2n) is 19.0. The highest BCUT2D eigenvalue weighted by Gasteiger charge is 2.56. The Bertz CT molecular complexity index is 2650. The van der Waals surface area contributed by atoms with Gasteiger partial charge in [-0.15, -0.1) is 0 Å². The number of carbonyl (C=O) groups is 4. The number of rotatable bonds is 17. The number of fused-ring (bicyclic) bond motifs is 3. The molecule has 1 unspecified atom stereocenters. The molecule has 2 bridgehead atoms. The van der Waals surface area contributed by atoms with Crippen LogP contribution in [0, 0.1) is 17.2 Å². The van der Waals surface area contributed by atoms with Crippen molar-refractivity contribution in [2.75, 3.05) is 68.5 Å². The summed E-state index contributed by atoms with van der Waals surface area (Å²) in [6, 6.07) is 27.4. The molecule has 354 valence electrons. The topological polar surface area (TPSA) is 155 Å². The first kappa shape index (κ1) is 45.2. The maximum absolute atomic E-state index is 13.3. The van der Waals surface area contributed by atoms with Crippen LogP contribution in [0.15, 0.2) is 97.2 Å². The average molecular weight is 924 g/mol. The number of hydrogen-bond donors (Lipinski definition) is 3. The molecule has 15 heteroatoms. The first-order valence-corrected chi connectivity index (χ1v) is 24.0. The summed E-state index contributed by atoms with van der Waals surface area (Å²) in [5.41, 5.74) is 2.58. The molecule has 0 radical (unpaired) electrons. The lowest BCUT2D eigenvalue weighted by molar-refractivity contribution is -0.134. The van der Waals surface area contributed by atoms with E-state index >= 15 is 0 Å². The summed E-state index contributed by atoms with van der Waals surface area (Å²) in [5.74, 6) is 1.55. The van der Waals surface area contributed by atoms with E-state index in [9.17, 15) is 23.6 Å². The number of methoxy groups -OCH3 is 1. The number of piperazine rings is 1. The van der Waals surface area contributed by atoms with Crippen molar-refractivity contribution in [2.45, 2.75) is 75.8 Å². The third-order valence-corrected chi connectivity index (χ3v) is 14.6. The van der Waals surface area contributed by atoms with E-state index in [1.807, 2.05) is 36.4 Å². The Balaban J connectivity index is 0.662. The number of aromatic nitrogens is 1. The molecule has 3 N–H and O–H groups in total. The molecule has 4 aliphatic heterocycles. The molecule has 4 saturated heterocycles. The number of nitrogens with zero attached hydrogens (tertiary/aromatic N) is 4. The summed E-state index contributed by atoms with van der Waals surface area (Å²) in [7, 11) is 1.70. The summed E-state index contributed by atoms with van der Waals surface area (Å²) < 4.78 is 31.7. The van der Waals surface area contributed by atoms with Gasteiger partial charge in [0.2, 0.25) is 23.6 Å². The van der Waals surface area contributed by atoms with Crippen LogP contribution in [0.3, 0.4) is 0 Å². The fourth-order valence-corrected chi connectivity index (χ4v) is 10.5.